The Balaban J connectivity index is 1.86. The molecule has 116 valence electrons. The molecule has 1 aliphatic heterocycles. The zero-order valence-corrected chi connectivity index (χ0v) is 12.9. The molecule has 0 radical (unpaired) electrons. The normalized spacial score (nSPS) is 20.3. The molecule has 0 aliphatic carbocycles. The average Bonchev–Trinajstić information content (AvgIpc) is 2.53. The van der Waals surface area contributed by atoms with E-state index in [4.69, 9.17) is 0 Å². The Labute approximate surface area is 126 Å². The van der Waals surface area contributed by atoms with Gasteiger partial charge in [0.05, 0.1) is 0 Å². The minimum Gasteiger partial charge on any atom is -0.341 e. The first kappa shape index (κ1) is 16.0. The second kappa shape index (κ2) is 7.55. The molecule has 1 aromatic rings. The van der Waals surface area contributed by atoms with E-state index >= 15 is 0 Å². The molecule has 4 heteroatoms. The van der Waals surface area contributed by atoms with Crippen LogP contribution in [-0.4, -0.2) is 37.0 Å². The lowest BCUT2D eigenvalue weighted by Gasteiger charge is -2.34. The fourth-order valence-electron chi connectivity index (χ4n) is 2.92. The molecule has 0 aromatic heterocycles. The van der Waals surface area contributed by atoms with Crippen LogP contribution in [0.3, 0.4) is 0 Å². The van der Waals surface area contributed by atoms with Crippen LogP contribution >= 0.6 is 0 Å². The number of carbonyl (C=O) groups excluding carboxylic acids is 1. The highest BCUT2D eigenvalue weighted by Gasteiger charge is 2.25. The Hall–Kier alpha value is -1.42. The number of amides is 1. The summed E-state index contributed by atoms with van der Waals surface area (Å²) in [6, 6.07) is 7.21. The van der Waals surface area contributed by atoms with Crippen molar-refractivity contribution in [2.45, 2.75) is 38.6 Å². The first-order valence-corrected chi connectivity index (χ1v) is 7.81. The molecule has 2 rings (SSSR count). The first-order valence-electron chi connectivity index (χ1n) is 7.81. The Kier molecular flexibility index (Phi) is 5.74. The molecule has 21 heavy (non-hydrogen) atoms. The van der Waals surface area contributed by atoms with Crippen LogP contribution in [-0.2, 0) is 11.2 Å². The zero-order chi connectivity index (χ0) is 15.2. The SMILES string of the molecule is CN[C@H]1CCCN(C(=O)[C@H](C)CCc2ccccc2F)C1. The summed E-state index contributed by atoms with van der Waals surface area (Å²) < 4.78 is 13.6. The molecule has 1 saturated heterocycles. The minimum atomic E-state index is -0.176. The number of rotatable bonds is 5. The number of halogens is 1. The number of piperidine rings is 1. The summed E-state index contributed by atoms with van der Waals surface area (Å²) in [6.07, 6.45) is 3.49. The van der Waals surface area contributed by atoms with Crippen LogP contribution in [0.1, 0.15) is 31.7 Å². The molecule has 1 amide bonds. The van der Waals surface area contributed by atoms with Gasteiger partial charge in [-0.15, -0.1) is 0 Å². The fraction of sp³-hybridized carbons (Fsp3) is 0.588. The molecular formula is C17H25FN2O. The quantitative estimate of drug-likeness (QED) is 0.905. The third-order valence-corrected chi connectivity index (χ3v) is 4.37. The van der Waals surface area contributed by atoms with E-state index in [9.17, 15) is 9.18 Å². The molecule has 3 nitrogen and oxygen atoms in total. The number of likely N-dealkylation sites (N-methyl/N-ethyl adjacent to an activating group) is 1. The van der Waals surface area contributed by atoms with Crippen molar-refractivity contribution in [1.82, 2.24) is 10.2 Å². The van der Waals surface area contributed by atoms with Crippen molar-refractivity contribution in [2.75, 3.05) is 20.1 Å². The molecule has 1 N–H and O–H groups in total. The van der Waals surface area contributed by atoms with Crippen molar-refractivity contribution in [2.24, 2.45) is 5.92 Å². The number of hydrogen-bond acceptors (Lipinski definition) is 2. The van der Waals surface area contributed by atoms with Crippen LogP contribution in [0, 0.1) is 11.7 Å². The van der Waals surface area contributed by atoms with E-state index < -0.39 is 0 Å². The lowest BCUT2D eigenvalue weighted by molar-refractivity contribution is -0.136. The third-order valence-electron chi connectivity index (χ3n) is 4.37. The summed E-state index contributed by atoms with van der Waals surface area (Å²) in [5.41, 5.74) is 0.698. The Morgan fingerprint density at radius 1 is 1.48 bits per heavy atom. The van der Waals surface area contributed by atoms with E-state index in [-0.39, 0.29) is 17.6 Å². The summed E-state index contributed by atoms with van der Waals surface area (Å²) in [7, 11) is 1.94. The van der Waals surface area contributed by atoms with E-state index in [1.807, 2.05) is 24.9 Å². The number of benzene rings is 1. The molecule has 1 aromatic carbocycles. The number of aryl methyl sites for hydroxylation is 1. The van der Waals surface area contributed by atoms with E-state index in [1.165, 1.54) is 6.07 Å². The van der Waals surface area contributed by atoms with Crippen molar-refractivity contribution in [3.05, 3.63) is 35.6 Å². The van der Waals surface area contributed by atoms with Crippen LogP contribution in [0.15, 0.2) is 24.3 Å². The van der Waals surface area contributed by atoms with Gasteiger partial charge in [0.15, 0.2) is 0 Å². The van der Waals surface area contributed by atoms with Gasteiger partial charge in [-0.25, -0.2) is 4.39 Å². The van der Waals surface area contributed by atoms with Crippen molar-refractivity contribution in [1.29, 1.82) is 0 Å². The topological polar surface area (TPSA) is 32.3 Å². The van der Waals surface area contributed by atoms with Gasteiger partial charge in [-0.2, -0.15) is 0 Å². The van der Waals surface area contributed by atoms with E-state index in [1.54, 1.807) is 12.1 Å². The highest BCUT2D eigenvalue weighted by atomic mass is 19.1. The number of likely N-dealkylation sites (tertiary alicyclic amines) is 1. The fourth-order valence-corrected chi connectivity index (χ4v) is 2.92. The van der Waals surface area contributed by atoms with Crippen molar-refractivity contribution >= 4 is 5.91 Å². The van der Waals surface area contributed by atoms with Crippen molar-refractivity contribution < 1.29 is 9.18 Å². The van der Waals surface area contributed by atoms with Gasteiger partial charge in [0, 0.05) is 25.0 Å². The van der Waals surface area contributed by atoms with E-state index in [0.717, 1.165) is 25.9 Å². The maximum Gasteiger partial charge on any atom is 0.225 e. The highest BCUT2D eigenvalue weighted by Crippen LogP contribution is 2.18. The summed E-state index contributed by atoms with van der Waals surface area (Å²) in [4.78, 5) is 14.4. The zero-order valence-electron chi connectivity index (χ0n) is 12.9. The molecule has 0 unspecified atom stereocenters. The molecule has 1 aliphatic rings. The molecule has 0 spiro atoms. The number of nitrogens with one attached hydrogen (secondary N) is 1. The van der Waals surface area contributed by atoms with Crippen LogP contribution in [0.5, 0.6) is 0 Å². The Morgan fingerprint density at radius 2 is 2.24 bits per heavy atom. The summed E-state index contributed by atoms with van der Waals surface area (Å²) in [5, 5.41) is 3.25. The first-order chi connectivity index (χ1) is 10.1. The molecule has 1 heterocycles. The van der Waals surface area contributed by atoms with Crippen LogP contribution in [0.4, 0.5) is 4.39 Å². The van der Waals surface area contributed by atoms with Gasteiger partial charge in [-0.05, 0) is 44.4 Å². The van der Waals surface area contributed by atoms with Crippen LogP contribution in [0.25, 0.3) is 0 Å². The lowest BCUT2D eigenvalue weighted by Crippen LogP contribution is -2.48. The number of hydrogen-bond donors (Lipinski definition) is 1. The summed E-state index contributed by atoms with van der Waals surface area (Å²) >= 11 is 0. The average molecular weight is 292 g/mol. The predicted octanol–water partition coefficient (Wildman–Crippen LogP) is 2.60. The van der Waals surface area contributed by atoms with Crippen LogP contribution in [0.2, 0.25) is 0 Å². The van der Waals surface area contributed by atoms with Crippen molar-refractivity contribution in [3.63, 3.8) is 0 Å². The van der Waals surface area contributed by atoms with Gasteiger partial charge in [0.25, 0.3) is 0 Å². The van der Waals surface area contributed by atoms with Crippen LogP contribution < -0.4 is 5.32 Å². The van der Waals surface area contributed by atoms with Gasteiger partial charge < -0.3 is 10.2 Å². The van der Waals surface area contributed by atoms with Gasteiger partial charge in [-0.3, -0.25) is 4.79 Å². The Morgan fingerprint density at radius 3 is 2.95 bits per heavy atom. The van der Waals surface area contributed by atoms with Gasteiger partial charge in [0.1, 0.15) is 5.82 Å². The largest absolute Gasteiger partial charge is 0.341 e. The van der Waals surface area contributed by atoms with Crippen molar-refractivity contribution in [3.8, 4) is 0 Å². The summed E-state index contributed by atoms with van der Waals surface area (Å²) in [5.74, 6) is -0.0307. The van der Waals surface area contributed by atoms with Gasteiger partial charge >= 0.3 is 0 Å². The second-order valence-corrected chi connectivity index (χ2v) is 5.94. The lowest BCUT2D eigenvalue weighted by atomic mass is 9.97. The minimum absolute atomic E-state index is 0.0554. The van der Waals surface area contributed by atoms with Gasteiger partial charge in [0.2, 0.25) is 5.91 Å². The second-order valence-electron chi connectivity index (χ2n) is 5.94. The molecule has 2 atom stereocenters. The maximum absolute atomic E-state index is 13.6. The number of nitrogens with zero attached hydrogens (tertiary/aromatic N) is 1. The van der Waals surface area contributed by atoms with E-state index in [2.05, 4.69) is 5.32 Å². The number of carbonyl (C=O) groups is 1. The van der Waals surface area contributed by atoms with Gasteiger partial charge in [-0.1, -0.05) is 25.1 Å². The smallest absolute Gasteiger partial charge is 0.225 e. The molecular weight excluding hydrogens is 267 g/mol. The maximum atomic E-state index is 13.6. The summed E-state index contributed by atoms with van der Waals surface area (Å²) in [6.45, 7) is 3.59. The molecule has 0 saturated carbocycles. The third kappa shape index (κ3) is 4.27. The Bertz CT molecular complexity index is 478. The molecule has 0 bridgehead atoms. The molecule has 1 fully saturated rings. The highest BCUT2D eigenvalue weighted by molar-refractivity contribution is 5.78. The predicted molar refractivity (Wildman–Crippen MR) is 82.5 cm³/mol. The standard InChI is InChI=1S/C17H25FN2O/c1-13(9-10-14-6-3-4-8-16(14)18)17(21)20-11-5-7-15(12-20)19-2/h3-4,6,8,13,15,19H,5,7,9-12H2,1-2H3/t13-,15+/m1/s1. The van der Waals surface area contributed by atoms with E-state index in [0.29, 0.717) is 24.4 Å². The monoisotopic (exact) mass is 292 g/mol.